The lowest BCUT2D eigenvalue weighted by Gasteiger charge is -2.15. The lowest BCUT2D eigenvalue weighted by atomic mass is 10.1. The van der Waals surface area contributed by atoms with Crippen molar-refractivity contribution in [2.24, 2.45) is 4.99 Å². The van der Waals surface area contributed by atoms with E-state index in [2.05, 4.69) is 63.2 Å². The van der Waals surface area contributed by atoms with Crippen LogP contribution in [0.25, 0.3) is 16.8 Å². The van der Waals surface area contributed by atoms with Gasteiger partial charge >= 0.3 is 0 Å². The van der Waals surface area contributed by atoms with Gasteiger partial charge in [0.1, 0.15) is 12.4 Å². The summed E-state index contributed by atoms with van der Waals surface area (Å²) in [6.07, 6.45) is 1.84. The molecule has 0 aromatic heterocycles. The van der Waals surface area contributed by atoms with E-state index in [1.165, 1.54) is 22.5 Å². The molecule has 6 nitrogen and oxygen atoms in total. The maximum atomic E-state index is 12.6. The Morgan fingerprint density at radius 3 is 2.53 bits per heavy atom. The van der Waals surface area contributed by atoms with Crippen molar-refractivity contribution in [1.82, 2.24) is 5.32 Å². The lowest BCUT2D eigenvalue weighted by Crippen LogP contribution is -2.19. The summed E-state index contributed by atoms with van der Waals surface area (Å²) in [6, 6.07) is 25.8. The molecule has 5 rings (SSSR count). The Labute approximate surface area is 239 Å². The molecule has 0 spiro atoms. The number of aliphatic imine (C=N–C) groups is 1. The van der Waals surface area contributed by atoms with Crippen LogP contribution in [-0.4, -0.2) is 24.8 Å². The average molecular weight is 637 g/mol. The minimum absolute atomic E-state index is 0.188. The van der Waals surface area contributed by atoms with Crippen molar-refractivity contribution < 1.29 is 19.0 Å². The van der Waals surface area contributed by atoms with Gasteiger partial charge in [0.05, 0.1) is 27.9 Å². The summed E-state index contributed by atoms with van der Waals surface area (Å²) in [6.45, 7) is 2.86. The van der Waals surface area contributed by atoms with Crippen molar-refractivity contribution in [2.45, 2.75) is 13.5 Å². The lowest BCUT2D eigenvalue weighted by molar-refractivity contribution is -0.115. The van der Waals surface area contributed by atoms with Gasteiger partial charge in [-0.15, -0.1) is 0 Å². The summed E-state index contributed by atoms with van der Waals surface area (Å²) in [5.41, 5.74) is 2.66. The molecule has 1 aliphatic rings. The molecule has 1 N–H and O–H groups in total. The Hall–Kier alpha value is -3.50. The molecule has 192 valence electrons. The SMILES string of the molecule is CCOc1cc(/C=C2/SC(=Nc3ccc(OC)cc3)NC2=O)cc(I)c1OCc1ccc2ccccc2c1. The molecule has 0 radical (unpaired) electrons. The molecule has 1 aliphatic heterocycles. The van der Waals surface area contributed by atoms with Crippen molar-refractivity contribution in [3.05, 3.63) is 98.5 Å². The van der Waals surface area contributed by atoms with Crippen molar-refractivity contribution in [3.8, 4) is 17.2 Å². The number of amides is 1. The molecule has 1 saturated heterocycles. The normalized spacial score (nSPS) is 15.2. The van der Waals surface area contributed by atoms with E-state index >= 15 is 0 Å². The van der Waals surface area contributed by atoms with Gasteiger partial charge in [0.2, 0.25) is 0 Å². The molecular formula is C30H25IN2O4S. The van der Waals surface area contributed by atoms with Crippen LogP contribution in [0.15, 0.2) is 88.8 Å². The summed E-state index contributed by atoms with van der Waals surface area (Å²) in [7, 11) is 1.62. The largest absolute Gasteiger partial charge is 0.497 e. The Morgan fingerprint density at radius 1 is 0.974 bits per heavy atom. The Morgan fingerprint density at radius 2 is 1.76 bits per heavy atom. The number of ether oxygens (including phenoxy) is 3. The molecule has 0 saturated carbocycles. The van der Waals surface area contributed by atoms with Gasteiger partial charge < -0.3 is 19.5 Å². The number of fused-ring (bicyclic) bond motifs is 1. The van der Waals surface area contributed by atoms with E-state index in [-0.39, 0.29) is 5.91 Å². The molecule has 4 aromatic carbocycles. The maximum Gasteiger partial charge on any atom is 0.264 e. The first-order valence-electron chi connectivity index (χ1n) is 12.0. The zero-order valence-electron chi connectivity index (χ0n) is 20.9. The first-order chi connectivity index (χ1) is 18.5. The molecule has 0 aliphatic carbocycles. The predicted molar refractivity (Wildman–Crippen MR) is 162 cm³/mol. The summed E-state index contributed by atoms with van der Waals surface area (Å²) < 4.78 is 18.2. The van der Waals surface area contributed by atoms with E-state index < -0.39 is 0 Å². The van der Waals surface area contributed by atoms with Gasteiger partial charge in [-0.3, -0.25) is 4.79 Å². The number of hydrogen-bond acceptors (Lipinski definition) is 6. The number of halogens is 1. The highest BCUT2D eigenvalue weighted by Gasteiger charge is 2.24. The zero-order valence-corrected chi connectivity index (χ0v) is 23.8. The summed E-state index contributed by atoms with van der Waals surface area (Å²) in [5.74, 6) is 1.89. The van der Waals surface area contributed by atoms with Gasteiger partial charge in [-0.1, -0.05) is 36.4 Å². The standard InChI is InChI=1S/C30H25IN2O4S/c1-3-36-26-16-20(17-27-29(34)33-30(38-27)32-23-10-12-24(35-2)13-11-23)15-25(31)28(26)37-18-19-8-9-21-6-4-5-7-22(21)14-19/h4-17H,3,18H2,1-2H3,(H,32,33,34)/b27-17+. The summed E-state index contributed by atoms with van der Waals surface area (Å²) in [4.78, 5) is 17.7. The zero-order chi connectivity index (χ0) is 26.5. The Bertz CT molecular complexity index is 1550. The maximum absolute atomic E-state index is 12.6. The molecule has 0 atom stereocenters. The highest BCUT2D eigenvalue weighted by molar-refractivity contribution is 14.1. The average Bonchev–Trinajstić information content (AvgIpc) is 3.26. The molecular weight excluding hydrogens is 611 g/mol. The number of carbonyl (C=O) groups is 1. The number of amidine groups is 1. The molecule has 8 heteroatoms. The second-order valence-corrected chi connectivity index (χ2v) is 10.6. The van der Waals surface area contributed by atoms with Crippen LogP contribution >= 0.6 is 34.4 Å². The van der Waals surface area contributed by atoms with Gasteiger partial charge in [-0.25, -0.2) is 4.99 Å². The number of hydrogen-bond donors (Lipinski definition) is 1. The third kappa shape index (κ3) is 6.14. The topological polar surface area (TPSA) is 69.2 Å². The molecule has 1 fully saturated rings. The summed E-state index contributed by atoms with van der Waals surface area (Å²) >= 11 is 3.55. The number of methoxy groups -OCH3 is 1. The van der Waals surface area contributed by atoms with Crippen LogP contribution in [-0.2, 0) is 11.4 Å². The van der Waals surface area contributed by atoms with Crippen LogP contribution in [0.3, 0.4) is 0 Å². The fourth-order valence-corrected chi connectivity index (χ4v) is 5.59. The predicted octanol–water partition coefficient (Wildman–Crippen LogP) is 7.32. The smallest absolute Gasteiger partial charge is 0.264 e. The van der Waals surface area contributed by atoms with E-state index in [1.54, 1.807) is 7.11 Å². The minimum Gasteiger partial charge on any atom is -0.497 e. The molecule has 4 aromatic rings. The van der Waals surface area contributed by atoms with Crippen LogP contribution in [0.2, 0.25) is 0 Å². The van der Waals surface area contributed by atoms with E-state index in [0.29, 0.717) is 34.8 Å². The molecule has 1 amide bonds. The van der Waals surface area contributed by atoms with E-state index in [9.17, 15) is 4.79 Å². The Balaban J connectivity index is 1.35. The van der Waals surface area contributed by atoms with Crippen LogP contribution in [0.1, 0.15) is 18.1 Å². The van der Waals surface area contributed by atoms with E-state index in [0.717, 1.165) is 26.1 Å². The number of rotatable bonds is 8. The van der Waals surface area contributed by atoms with Gasteiger partial charge in [0.15, 0.2) is 16.7 Å². The minimum atomic E-state index is -0.188. The highest BCUT2D eigenvalue weighted by Crippen LogP contribution is 2.37. The molecule has 1 heterocycles. The van der Waals surface area contributed by atoms with Gasteiger partial charge in [-0.05, 0) is 112 Å². The fraction of sp³-hybridized carbons (Fsp3) is 0.133. The highest BCUT2D eigenvalue weighted by atomic mass is 127. The quantitative estimate of drug-likeness (QED) is 0.162. The van der Waals surface area contributed by atoms with Crippen molar-refractivity contribution in [2.75, 3.05) is 13.7 Å². The second-order valence-electron chi connectivity index (χ2n) is 8.41. The fourth-order valence-electron chi connectivity index (χ4n) is 3.96. The molecule has 38 heavy (non-hydrogen) atoms. The summed E-state index contributed by atoms with van der Waals surface area (Å²) in [5, 5.41) is 5.74. The third-order valence-electron chi connectivity index (χ3n) is 5.78. The van der Waals surface area contributed by atoms with E-state index in [4.69, 9.17) is 14.2 Å². The van der Waals surface area contributed by atoms with Crippen LogP contribution in [0.4, 0.5) is 5.69 Å². The Kier molecular flexibility index (Phi) is 8.19. The monoisotopic (exact) mass is 636 g/mol. The van der Waals surface area contributed by atoms with Gasteiger partial charge in [0, 0.05) is 0 Å². The van der Waals surface area contributed by atoms with Crippen molar-refractivity contribution in [1.29, 1.82) is 0 Å². The van der Waals surface area contributed by atoms with E-state index in [1.807, 2.05) is 61.5 Å². The number of benzene rings is 4. The second kappa shape index (κ2) is 11.9. The third-order valence-corrected chi connectivity index (χ3v) is 7.49. The van der Waals surface area contributed by atoms with Crippen molar-refractivity contribution in [3.63, 3.8) is 0 Å². The molecule has 0 bridgehead atoms. The number of nitrogens with one attached hydrogen (secondary N) is 1. The van der Waals surface area contributed by atoms with Crippen LogP contribution in [0, 0.1) is 3.57 Å². The first-order valence-corrected chi connectivity index (χ1v) is 13.9. The van der Waals surface area contributed by atoms with Gasteiger partial charge in [0.25, 0.3) is 5.91 Å². The molecule has 0 unspecified atom stereocenters. The number of thioether (sulfide) groups is 1. The first kappa shape index (κ1) is 26.1. The van der Waals surface area contributed by atoms with Crippen LogP contribution < -0.4 is 19.5 Å². The number of nitrogens with zero attached hydrogens (tertiary/aromatic N) is 1. The van der Waals surface area contributed by atoms with Gasteiger partial charge in [-0.2, -0.15) is 0 Å². The number of carbonyl (C=O) groups excluding carboxylic acids is 1. The van der Waals surface area contributed by atoms with Crippen LogP contribution in [0.5, 0.6) is 17.2 Å². The van der Waals surface area contributed by atoms with Crippen molar-refractivity contribution >= 4 is 68.0 Å².